The zero-order chi connectivity index (χ0) is 23.1. The van der Waals surface area contributed by atoms with E-state index in [-0.39, 0.29) is 30.7 Å². The third kappa shape index (κ3) is 6.34. The molecule has 1 aliphatic rings. The maximum Gasteiger partial charge on any atom is 0.247 e. The van der Waals surface area contributed by atoms with E-state index >= 15 is 0 Å². The van der Waals surface area contributed by atoms with E-state index < -0.39 is 11.5 Å². The van der Waals surface area contributed by atoms with Crippen molar-refractivity contribution in [2.24, 2.45) is 0 Å². The van der Waals surface area contributed by atoms with Gasteiger partial charge >= 0.3 is 0 Å². The molecule has 2 heterocycles. The van der Waals surface area contributed by atoms with Gasteiger partial charge in [-0.05, 0) is 35.6 Å². The van der Waals surface area contributed by atoms with Crippen molar-refractivity contribution < 1.29 is 14.4 Å². The van der Waals surface area contributed by atoms with E-state index in [0.29, 0.717) is 31.0 Å². The number of rotatable bonds is 10. The quantitative estimate of drug-likeness (QED) is 0.313. The molecular weight excluding hydrogens is 469 g/mol. The first-order chi connectivity index (χ1) is 15.4. The van der Waals surface area contributed by atoms with Gasteiger partial charge in [-0.2, -0.15) is 0 Å². The van der Waals surface area contributed by atoms with Gasteiger partial charge in [0.1, 0.15) is 18.1 Å². The lowest BCUT2D eigenvalue weighted by atomic mass is 10.0. The van der Waals surface area contributed by atoms with Gasteiger partial charge in [-0.25, -0.2) is 0 Å². The van der Waals surface area contributed by atoms with E-state index in [9.17, 15) is 14.4 Å². The highest BCUT2D eigenvalue weighted by molar-refractivity contribution is 7.09. The minimum absolute atomic E-state index is 0.115. The standard InChI is InChI=1S/C23H25Cl2N3O3S/c1-2-10-26-21(29)14-19-23(31)28(20(25)13-16-5-7-17(24)8-6-16)15-22(30)27(19)11-9-18-4-3-12-32-18/h2-8,12,19-20H,1,9-11,13-15H2,(H,26,29). The van der Waals surface area contributed by atoms with E-state index in [1.807, 2.05) is 29.6 Å². The molecule has 170 valence electrons. The number of piperazine rings is 1. The number of nitrogens with one attached hydrogen (secondary N) is 1. The molecule has 1 aliphatic heterocycles. The maximum atomic E-state index is 13.4. The summed E-state index contributed by atoms with van der Waals surface area (Å²) in [6.07, 6.45) is 2.43. The Labute approximate surface area is 201 Å². The Morgan fingerprint density at radius 2 is 2.03 bits per heavy atom. The molecule has 1 saturated heterocycles. The number of hydrogen-bond acceptors (Lipinski definition) is 4. The van der Waals surface area contributed by atoms with E-state index in [1.165, 1.54) is 9.80 Å². The molecule has 32 heavy (non-hydrogen) atoms. The van der Waals surface area contributed by atoms with Crippen LogP contribution >= 0.6 is 34.5 Å². The van der Waals surface area contributed by atoms with E-state index in [0.717, 1.165) is 10.4 Å². The van der Waals surface area contributed by atoms with Crippen LogP contribution in [0.1, 0.15) is 16.9 Å². The van der Waals surface area contributed by atoms with Crippen molar-refractivity contribution >= 4 is 52.3 Å². The minimum atomic E-state index is -0.896. The first-order valence-corrected chi connectivity index (χ1v) is 12.0. The predicted molar refractivity (Wildman–Crippen MR) is 128 cm³/mol. The van der Waals surface area contributed by atoms with Crippen molar-refractivity contribution in [2.45, 2.75) is 30.8 Å². The molecule has 1 aromatic heterocycles. The molecule has 0 aliphatic carbocycles. The molecule has 0 spiro atoms. The second kappa shape index (κ2) is 11.5. The van der Waals surface area contributed by atoms with Crippen LogP contribution in [-0.4, -0.2) is 58.7 Å². The SMILES string of the molecule is C=CCNC(=O)CC1C(=O)N(C(Cl)Cc2ccc(Cl)cc2)CC(=O)N1CCc1cccs1. The molecule has 2 atom stereocenters. The Morgan fingerprint density at radius 1 is 1.28 bits per heavy atom. The Bertz CT molecular complexity index is 950. The molecule has 1 fully saturated rings. The van der Waals surface area contributed by atoms with Gasteiger partial charge in [0.05, 0.1) is 6.42 Å². The molecule has 9 heteroatoms. The number of benzene rings is 1. The summed E-state index contributed by atoms with van der Waals surface area (Å²) in [7, 11) is 0. The number of amides is 3. The summed E-state index contributed by atoms with van der Waals surface area (Å²) in [4.78, 5) is 42.8. The number of nitrogens with zero attached hydrogens (tertiary/aromatic N) is 2. The maximum absolute atomic E-state index is 13.4. The van der Waals surface area contributed by atoms with Crippen LogP contribution in [0.4, 0.5) is 0 Å². The summed E-state index contributed by atoms with van der Waals surface area (Å²) in [5.74, 6) is -0.856. The average Bonchev–Trinajstić information content (AvgIpc) is 3.29. The van der Waals surface area contributed by atoms with E-state index in [4.69, 9.17) is 23.2 Å². The number of carbonyl (C=O) groups is 3. The number of hydrogen-bond donors (Lipinski definition) is 1. The molecule has 1 N–H and O–H groups in total. The summed E-state index contributed by atoms with van der Waals surface area (Å²) >= 11 is 14.1. The topological polar surface area (TPSA) is 69.7 Å². The first kappa shape index (κ1) is 24.3. The van der Waals surface area contributed by atoms with Crippen LogP contribution in [0.25, 0.3) is 0 Å². The van der Waals surface area contributed by atoms with Crippen molar-refractivity contribution in [2.75, 3.05) is 19.6 Å². The predicted octanol–water partition coefficient (Wildman–Crippen LogP) is 3.48. The Hall–Kier alpha value is -2.35. The number of thiophene rings is 1. The second-order valence-electron chi connectivity index (χ2n) is 7.46. The van der Waals surface area contributed by atoms with Gasteiger partial charge in [0.15, 0.2) is 0 Å². The Kier molecular flexibility index (Phi) is 8.73. The molecule has 0 radical (unpaired) electrons. The number of halogens is 2. The molecular formula is C23H25Cl2N3O3S. The first-order valence-electron chi connectivity index (χ1n) is 10.3. The lowest BCUT2D eigenvalue weighted by molar-refractivity contribution is -0.157. The van der Waals surface area contributed by atoms with Gasteiger partial charge in [-0.15, -0.1) is 17.9 Å². The van der Waals surface area contributed by atoms with Crippen molar-refractivity contribution in [3.05, 3.63) is 69.9 Å². The average molecular weight is 494 g/mol. The third-order valence-corrected chi connectivity index (χ3v) is 6.81. The molecule has 0 saturated carbocycles. The van der Waals surface area contributed by atoms with E-state index in [2.05, 4.69) is 11.9 Å². The van der Waals surface area contributed by atoms with Gasteiger partial charge in [-0.3, -0.25) is 14.4 Å². The molecule has 3 amide bonds. The zero-order valence-electron chi connectivity index (χ0n) is 17.5. The largest absolute Gasteiger partial charge is 0.353 e. The van der Waals surface area contributed by atoms with Gasteiger partial charge in [-0.1, -0.05) is 47.5 Å². The van der Waals surface area contributed by atoms with E-state index in [1.54, 1.807) is 29.5 Å². The highest BCUT2D eigenvalue weighted by atomic mass is 35.5. The fourth-order valence-electron chi connectivity index (χ4n) is 3.57. The summed E-state index contributed by atoms with van der Waals surface area (Å²) in [5.41, 5.74) is 0.181. The third-order valence-electron chi connectivity index (χ3n) is 5.23. The van der Waals surface area contributed by atoms with Crippen LogP contribution in [0.2, 0.25) is 5.02 Å². The molecule has 3 rings (SSSR count). The van der Waals surface area contributed by atoms with Gasteiger partial charge in [0, 0.05) is 29.4 Å². The molecule has 0 bridgehead atoms. The van der Waals surface area contributed by atoms with Gasteiger partial charge in [0.2, 0.25) is 17.7 Å². The fraction of sp³-hybridized carbons (Fsp3) is 0.348. The minimum Gasteiger partial charge on any atom is -0.353 e. The van der Waals surface area contributed by atoms with Crippen molar-refractivity contribution in [1.29, 1.82) is 0 Å². The van der Waals surface area contributed by atoms with Crippen LogP contribution in [0.3, 0.4) is 0 Å². The summed E-state index contributed by atoms with van der Waals surface area (Å²) in [5, 5.41) is 5.26. The summed E-state index contributed by atoms with van der Waals surface area (Å²) in [6.45, 7) is 4.12. The molecule has 6 nitrogen and oxygen atoms in total. The fourth-order valence-corrected chi connectivity index (χ4v) is 4.74. The van der Waals surface area contributed by atoms with Crippen LogP contribution < -0.4 is 5.32 Å². The Balaban J connectivity index is 1.75. The summed E-state index contributed by atoms with van der Waals surface area (Å²) < 4.78 is 0. The van der Waals surface area contributed by atoms with Crippen LogP contribution in [0, 0.1) is 0 Å². The van der Waals surface area contributed by atoms with Crippen LogP contribution in [0.15, 0.2) is 54.4 Å². The zero-order valence-corrected chi connectivity index (χ0v) is 19.8. The molecule has 1 aromatic carbocycles. The lowest BCUT2D eigenvalue weighted by Crippen LogP contribution is -2.62. The normalized spacial score (nSPS) is 17.4. The highest BCUT2D eigenvalue weighted by Gasteiger charge is 2.42. The van der Waals surface area contributed by atoms with Crippen molar-refractivity contribution in [3.8, 4) is 0 Å². The molecule has 2 aromatic rings. The van der Waals surface area contributed by atoms with Gasteiger partial charge < -0.3 is 15.1 Å². The van der Waals surface area contributed by atoms with Gasteiger partial charge in [0.25, 0.3) is 0 Å². The second-order valence-corrected chi connectivity index (χ2v) is 9.43. The van der Waals surface area contributed by atoms with Crippen molar-refractivity contribution in [3.63, 3.8) is 0 Å². The monoisotopic (exact) mass is 493 g/mol. The number of alkyl halides is 1. The van der Waals surface area contributed by atoms with Crippen LogP contribution in [0.5, 0.6) is 0 Å². The summed E-state index contributed by atoms with van der Waals surface area (Å²) in [6, 6.07) is 10.2. The van der Waals surface area contributed by atoms with Crippen LogP contribution in [-0.2, 0) is 27.2 Å². The Morgan fingerprint density at radius 3 is 2.69 bits per heavy atom. The smallest absolute Gasteiger partial charge is 0.247 e. The van der Waals surface area contributed by atoms with Crippen molar-refractivity contribution in [1.82, 2.24) is 15.1 Å². The number of carbonyl (C=O) groups excluding carboxylic acids is 3. The highest BCUT2D eigenvalue weighted by Crippen LogP contribution is 2.23. The lowest BCUT2D eigenvalue weighted by Gasteiger charge is -2.41. The molecule has 2 unspecified atom stereocenters.